The Bertz CT molecular complexity index is 1480. The second-order valence-corrected chi connectivity index (χ2v) is 10.2. The van der Waals surface area contributed by atoms with Gasteiger partial charge in [0, 0.05) is 30.9 Å². The lowest BCUT2D eigenvalue weighted by atomic mass is 10.1. The van der Waals surface area contributed by atoms with E-state index in [1.807, 2.05) is 18.2 Å². The first-order valence-corrected chi connectivity index (χ1v) is 12.6. The zero-order valence-corrected chi connectivity index (χ0v) is 24.6. The van der Waals surface area contributed by atoms with Crippen LogP contribution >= 0.6 is 48.0 Å². The third-order valence-corrected chi connectivity index (χ3v) is 7.22. The molecule has 1 saturated heterocycles. The molecule has 1 atom stereocenters. The number of ketones is 1. The van der Waals surface area contributed by atoms with Gasteiger partial charge in [-0.1, -0.05) is 23.2 Å². The van der Waals surface area contributed by atoms with E-state index in [1.54, 1.807) is 30.6 Å². The Balaban J connectivity index is 0.00000210. The van der Waals surface area contributed by atoms with Gasteiger partial charge in [-0.15, -0.1) is 24.8 Å². The molecule has 1 aliphatic rings. The molecule has 5 rings (SSSR count). The quantitative estimate of drug-likeness (QED) is 0.235. The Morgan fingerprint density at radius 1 is 1.08 bits per heavy atom. The highest BCUT2D eigenvalue weighted by atomic mass is 35.5. The molecule has 0 radical (unpaired) electrons. The van der Waals surface area contributed by atoms with Crippen LogP contribution in [0.4, 0.5) is 17.2 Å². The maximum absolute atomic E-state index is 12.5. The number of benzene rings is 1. The molecule has 0 bridgehead atoms. The van der Waals surface area contributed by atoms with E-state index in [9.17, 15) is 9.90 Å². The van der Waals surface area contributed by atoms with Crippen molar-refractivity contribution in [3.8, 4) is 17.0 Å². The summed E-state index contributed by atoms with van der Waals surface area (Å²) in [5, 5.41) is 13.5. The molecule has 1 fully saturated rings. The number of aromatic nitrogens is 3. The zero-order valence-electron chi connectivity index (χ0n) is 21.5. The van der Waals surface area contributed by atoms with Gasteiger partial charge < -0.3 is 20.2 Å². The molecular formula is C27H28Cl4N6O2. The van der Waals surface area contributed by atoms with Crippen LogP contribution < -0.4 is 10.2 Å². The van der Waals surface area contributed by atoms with Crippen LogP contribution in [-0.4, -0.2) is 64.0 Å². The van der Waals surface area contributed by atoms with Gasteiger partial charge in [-0.05, 0) is 63.8 Å². The van der Waals surface area contributed by atoms with E-state index < -0.39 is 0 Å². The largest absolute Gasteiger partial charge is 0.505 e. The third kappa shape index (κ3) is 6.31. The second-order valence-electron chi connectivity index (χ2n) is 9.34. The topological polar surface area (TPSA) is 94.5 Å². The Kier molecular flexibility index (Phi) is 9.85. The molecule has 206 valence electrons. The minimum Gasteiger partial charge on any atom is -0.505 e. The number of pyridine rings is 3. The van der Waals surface area contributed by atoms with Gasteiger partial charge in [0.1, 0.15) is 11.3 Å². The van der Waals surface area contributed by atoms with Crippen molar-refractivity contribution >= 4 is 82.0 Å². The van der Waals surface area contributed by atoms with Gasteiger partial charge in [-0.3, -0.25) is 9.78 Å². The van der Waals surface area contributed by atoms with Crippen LogP contribution in [0.3, 0.4) is 0 Å². The summed E-state index contributed by atoms with van der Waals surface area (Å²) in [6, 6.07) is 11.2. The number of hydrogen-bond donors (Lipinski definition) is 2. The molecule has 1 aliphatic heterocycles. The Morgan fingerprint density at radius 2 is 1.79 bits per heavy atom. The second kappa shape index (κ2) is 12.5. The first kappa shape index (κ1) is 30.7. The first-order valence-electron chi connectivity index (χ1n) is 11.8. The lowest BCUT2D eigenvalue weighted by Crippen LogP contribution is -2.31. The Labute approximate surface area is 249 Å². The van der Waals surface area contributed by atoms with Gasteiger partial charge in [-0.25, -0.2) is 9.97 Å². The third-order valence-electron chi connectivity index (χ3n) is 6.64. The Morgan fingerprint density at radius 3 is 2.38 bits per heavy atom. The molecule has 8 nitrogen and oxygen atoms in total. The van der Waals surface area contributed by atoms with Crippen molar-refractivity contribution in [2.75, 3.05) is 37.4 Å². The fraction of sp³-hybridized carbons (Fsp3) is 0.259. The summed E-state index contributed by atoms with van der Waals surface area (Å²) in [7, 11) is 4.20. The molecule has 2 N–H and O–H groups in total. The minimum atomic E-state index is -0.183. The summed E-state index contributed by atoms with van der Waals surface area (Å²) in [6.45, 7) is 3.39. The van der Waals surface area contributed by atoms with Crippen LogP contribution in [0.5, 0.6) is 5.75 Å². The average Bonchev–Trinajstić information content (AvgIpc) is 3.38. The molecule has 0 saturated carbocycles. The van der Waals surface area contributed by atoms with Crippen molar-refractivity contribution in [2.45, 2.75) is 19.4 Å². The van der Waals surface area contributed by atoms with Crippen molar-refractivity contribution in [2.24, 2.45) is 0 Å². The van der Waals surface area contributed by atoms with E-state index in [0.717, 1.165) is 31.0 Å². The highest BCUT2D eigenvalue weighted by molar-refractivity contribution is 6.37. The fourth-order valence-corrected chi connectivity index (χ4v) is 4.98. The fourth-order valence-electron chi connectivity index (χ4n) is 4.50. The van der Waals surface area contributed by atoms with Gasteiger partial charge in [0.2, 0.25) is 0 Å². The van der Waals surface area contributed by atoms with Crippen molar-refractivity contribution in [3.05, 3.63) is 64.4 Å². The van der Waals surface area contributed by atoms with Crippen molar-refractivity contribution in [1.29, 1.82) is 0 Å². The van der Waals surface area contributed by atoms with Crippen LogP contribution in [0.15, 0.2) is 48.8 Å². The van der Waals surface area contributed by atoms with Crippen LogP contribution in [-0.2, 0) is 0 Å². The molecular weight excluding hydrogens is 582 g/mol. The van der Waals surface area contributed by atoms with Crippen molar-refractivity contribution in [3.63, 3.8) is 0 Å². The lowest BCUT2D eigenvalue weighted by molar-refractivity contribution is 0.101. The summed E-state index contributed by atoms with van der Waals surface area (Å²) in [4.78, 5) is 30.9. The summed E-state index contributed by atoms with van der Waals surface area (Å²) in [6.07, 6.45) is 4.42. The van der Waals surface area contributed by atoms with E-state index in [1.165, 1.54) is 6.92 Å². The van der Waals surface area contributed by atoms with Gasteiger partial charge >= 0.3 is 0 Å². The van der Waals surface area contributed by atoms with E-state index in [2.05, 4.69) is 39.2 Å². The number of likely N-dealkylation sites (N-methyl/N-ethyl adjacent to an activating group) is 1. The van der Waals surface area contributed by atoms with Crippen LogP contribution in [0.1, 0.15) is 23.7 Å². The number of carbonyl (C=O) groups is 1. The maximum Gasteiger partial charge on any atom is 0.163 e. The number of fused-ring (bicyclic) bond motifs is 1. The Hall–Kier alpha value is -2.88. The number of phenolic OH excluding ortho intramolecular Hbond substituents is 1. The molecule has 1 aromatic carbocycles. The van der Waals surface area contributed by atoms with E-state index in [4.69, 9.17) is 28.2 Å². The number of nitrogens with zero attached hydrogens (tertiary/aromatic N) is 5. The summed E-state index contributed by atoms with van der Waals surface area (Å²) >= 11 is 12.3. The molecule has 3 aromatic heterocycles. The first-order chi connectivity index (χ1) is 17.7. The van der Waals surface area contributed by atoms with Gasteiger partial charge in [0.15, 0.2) is 11.5 Å². The van der Waals surface area contributed by atoms with Crippen molar-refractivity contribution < 1.29 is 9.90 Å². The summed E-state index contributed by atoms with van der Waals surface area (Å²) < 4.78 is 0. The number of nitrogens with one attached hydrogen (secondary N) is 1. The van der Waals surface area contributed by atoms with Crippen LogP contribution in [0.2, 0.25) is 10.0 Å². The predicted octanol–water partition coefficient (Wildman–Crippen LogP) is 6.63. The predicted molar refractivity (Wildman–Crippen MR) is 163 cm³/mol. The number of aromatic hydroxyl groups is 1. The number of Topliss-reactive ketones (excluding diaryl/α,β-unsaturated/α-hetero) is 1. The SMILES string of the molecule is CC(=O)c1cnc2ccc(-c3cc(Cl)c(O)c(Cl)c3)nc2c1Nc1ccc(N2CCC(N(C)C)C2)nc1.Cl.Cl. The lowest BCUT2D eigenvalue weighted by Gasteiger charge is -2.21. The number of rotatable bonds is 6. The zero-order chi connectivity index (χ0) is 26.3. The molecule has 0 spiro atoms. The van der Waals surface area contributed by atoms with E-state index in [0.29, 0.717) is 39.6 Å². The summed E-state index contributed by atoms with van der Waals surface area (Å²) in [5.74, 6) is 0.594. The standard InChI is InChI=1S/C27H26Cl2N6O2.2ClH/c1-15(36)19-13-30-23-6-5-22(16-10-20(28)27(37)21(29)11-16)33-26(23)25(19)32-17-4-7-24(31-12-17)35-9-8-18(14-35)34(2)3;;/h4-7,10-13,18,37H,8-9,14H2,1-3H3,(H,30,32);2*1H. The molecule has 0 aliphatic carbocycles. The summed E-state index contributed by atoms with van der Waals surface area (Å²) in [5.41, 5.74) is 4.01. The highest BCUT2D eigenvalue weighted by Gasteiger charge is 2.25. The van der Waals surface area contributed by atoms with Gasteiger partial charge in [0.05, 0.1) is 44.4 Å². The molecule has 4 aromatic rings. The molecule has 1 unspecified atom stereocenters. The molecule has 0 amide bonds. The number of phenols is 1. The van der Waals surface area contributed by atoms with Gasteiger partial charge in [-0.2, -0.15) is 0 Å². The highest BCUT2D eigenvalue weighted by Crippen LogP contribution is 2.37. The van der Waals surface area contributed by atoms with Crippen molar-refractivity contribution in [1.82, 2.24) is 19.9 Å². The van der Waals surface area contributed by atoms with E-state index in [-0.39, 0.29) is 46.4 Å². The number of anilines is 3. The minimum absolute atomic E-state index is 0. The van der Waals surface area contributed by atoms with Crippen LogP contribution in [0.25, 0.3) is 22.3 Å². The van der Waals surface area contributed by atoms with E-state index >= 15 is 0 Å². The smallest absolute Gasteiger partial charge is 0.163 e. The number of halogens is 4. The van der Waals surface area contributed by atoms with Gasteiger partial charge in [0.25, 0.3) is 0 Å². The maximum atomic E-state index is 12.5. The normalized spacial score (nSPS) is 14.7. The molecule has 4 heterocycles. The number of carbonyl (C=O) groups excluding carboxylic acids is 1. The average molecular weight is 610 g/mol. The number of hydrogen-bond acceptors (Lipinski definition) is 8. The monoisotopic (exact) mass is 608 g/mol. The molecule has 12 heteroatoms. The molecule has 39 heavy (non-hydrogen) atoms. The van der Waals surface area contributed by atoms with Crippen LogP contribution in [0, 0.1) is 0 Å².